The van der Waals surface area contributed by atoms with Gasteiger partial charge >= 0.3 is 0 Å². The molecule has 1 rings (SSSR count). The summed E-state index contributed by atoms with van der Waals surface area (Å²) in [5.41, 5.74) is 0. The Labute approximate surface area is 85.6 Å². The zero-order valence-electron chi connectivity index (χ0n) is 8.69. The van der Waals surface area contributed by atoms with E-state index in [1.807, 2.05) is 0 Å². The van der Waals surface area contributed by atoms with Gasteiger partial charge in [0, 0.05) is 13.1 Å². The first-order valence-electron chi connectivity index (χ1n) is 4.71. The van der Waals surface area contributed by atoms with Gasteiger partial charge in [0.15, 0.2) is 0 Å². The molecule has 0 spiro atoms. The summed E-state index contributed by atoms with van der Waals surface area (Å²) in [5, 5.41) is -0.161. The average Bonchev–Trinajstić information content (AvgIpc) is 2.16. The van der Waals surface area contributed by atoms with Gasteiger partial charge in [-0.3, -0.25) is 0 Å². The lowest BCUT2D eigenvalue weighted by Crippen LogP contribution is -2.39. The van der Waals surface area contributed by atoms with Gasteiger partial charge in [-0.25, -0.2) is 8.42 Å². The second-order valence-electron chi connectivity index (χ2n) is 3.69. The molecule has 0 saturated carbocycles. The number of hydrogen-bond acceptors (Lipinski definition) is 3. The molecule has 1 atom stereocenters. The maximum atomic E-state index is 11.8. The molecule has 0 aromatic carbocycles. The molecular weight excluding hydrogens is 202 g/mol. The molecule has 14 heavy (non-hydrogen) atoms. The number of rotatable bonds is 3. The quantitative estimate of drug-likeness (QED) is 0.669. The summed E-state index contributed by atoms with van der Waals surface area (Å²) in [7, 11) is -2.10. The van der Waals surface area contributed by atoms with Crippen LogP contribution in [0, 0.1) is 5.92 Å². The highest BCUT2D eigenvalue weighted by molar-refractivity contribution is 7.92. The summed E-state index contributed by atoms with van der Waals surface area (Å²) in [6.45, 7) is 6.60. The van der Waals surface area contributed by atoms with Crippen molar-refractivity contribution in [3.05, 3.63) is 11.7 Å². The highest BCUT2D eigenvalue weighted by Gasteiger charge is 2.29. The molecule has 1 aliphatic rings. The standard InChI is InChI=1S/C9H17NO3S/c1-8-5-4-6-10(7-8)14(11,12)9(2)13-3/h8H,2,4-7H2,1,3H3/t8-/m1/s1. The van der Waals surface area contributed by atoms with Crippen molar-refractivity contribution in [1.82, 2.24) is 4.31 Å². The van der Waals surface area contributed by atoms with Crippen molar-refractivity contribution in [2.75, 3.05) is 20.2 Å². The molecule has 82 valence electrons. The number of hydrogen-bond donors (Lipinski definition) is 0. The molecular formula is C9H17NO3S. The molecule has 0 amide bonds. The van der Waals surface area contributed by atoms with Gasteiger partial charge in [0.25, 0.3) is 10.0 Å². The van der Waals surface area contributed by atoms with E-state index in [4.69, 9.17) is 0 Å². The number of methoxy groups -OCH3 is 1. The maximum absolute atomic E-state index is 11.8. The van der Waals surface area contributed by atoms with Crippen LogP contribution in [0.4, 0.5) is 0 Å². The predicted molar refractivity (Wildman–Crippen MR) is 55.0 cm³/mol. The summed E-state index contributed by atoms with van der Waals surface area (Å²) < 4.78 is 29.7. The van der Waals surface area contributed by atoms with Crippen LogP contribution in [-0.4, -0.2) is 32.9 Å². The van der Waals surface area contributed by atoms with E-state index in [0.717, 1.165) is 12.8 Å². The Morgan fingerprint density at radius 1 is 1.57 bits per heavy atom. The van der Waals surface area contributed by atoms with E-state index >= 15 is 0 Å². The summed E-state index contributed by atoms with van der Waals surface area (Å²) >= 11 is 0. The molecule has 0 bridgehead atoms. The fourth-order valence-corrected chi connectivity index (χ4v) is 2.93. The largest absolute Gasteiger partial charge is 0.486 e. The van der Waals surface area contributed by atoms with Gasteiger partial charge in [0.2, 0.25) is 5.09 Å². The van der Waals surface area contributed by atoms with Crippen LogP contribution in [-0.2, 0) is 14.8 Å². The Balaban J connectivity index is 2.77. The SMILES string of the molecule is C=C(OC)S(=O)(=O)N1CCC[C@@H](C)C1. The Bertz CT molecular complexity index is 310. The Morgan fingerprint density at radius 2 is 2.21 bits per heavy atom. The van der Waals surface area contributed by atoms with E-state index in [9.17, 15) is 8.42 Å². The summed E-state index contributed by atoms with van der Waals surface area (Å²) in [4.78, 5) is 0. The molecule has 1 fully saturated rings. The minimum atomic E-state index is -3.43. The first-order valence-corrected chi connectivity index (χ1v) is 6.15. The third-order valence-electron chi connectivity index (χ3n) is 2.48. The van der Waals surface area contributed by atoms with Crippen molar-refractivity contribution in [1.29, 1.82) is 0 Å². The molecule has 0 N–H and O–H groups in total. The lowest BCUT2D eigenvalue weighted by Gasteiger charge is -2.29. The van der Waals surface area contributed by atoms with E-state index in [0.29, 0.717) is 19.0 Å². The van der Waals surface area contributed by atoms with Gasteiger partial charge in [0.1, 0.15) is 0 Å². The van der Waals surface area contributed by atoms with Crippen molar-refractivity contribution in [2.45, 2.75) is 19.8 Å². The Morgan fingerprint density at radius 3 is 2.71 bits per heavy atom. The minimum Gasteiger partial charge on any atom is -0.486 e. The summed E-state index contributed by atoms with van der Waals surface area (Å²) in [5.74, 6) is 0.420. The number of ether oxygens (including phenoxy) is 1. The van der Waals surface area contributed by atoms with E-state index in [1.54, 1.807) is 0 Å². The van der Waals surface area contributed by atoms with Gasteiger partial charge < -0.3 is 4.74 Å². The van der Waals surface area contributed by atoms with Crippen LogP contribution >= 0.6 is 0 Å². The predicted octanol–water partition coefficient (Wildman–Crippen LogP) is 1.17. The molecule has 0 aromatic rings. The molecule has 0 aliphatic carbocycles. The zero-order chi connectivity index (χ0) is 10.8. The zero-order valence-corrected chi connectivity index (χ0v) is 9.51. The van der Waals surface area contributed by atoms with Crippen LogP contribution in [0.2, 0.25) is 0 Å². The van der Waals surface area contributed by atoms with Crippen LogP contribution in [0.3, 0.4) is 0 Å². The Kier molecular flexibility index (Phi) is 3.55. The second-order valence-corrected chi connectivity index (χ2v) is 5.61. The van der Waals surface area contributed by atoms with Crippen molar-refractivity contribution in [2.24, 2.45) is 5.92 Å². The van der Waals surface area contributed by atoms with Crippen LogP contribution in [0.25, 0.3) is 0 Å². The second kappa shape index (κ2) is 4.31. The van der Waals surface area contributed by atoms with Gasteiger partial charge in [-0.2, -0.15) is 4.31 Å². The smallest absolute Gasteiger partial charge is 0.275 e. The van der Waals surface area contributed by atoms with E-state index in [-0.39, 0.29) is 5.09 Å². The summed E-state index contributed by atoms with van der Waals surface area (Å²) in [6.07, 6.45) is 2.00. The lowest BCUT2D eigenvalue weighted by atomic mass is 10.0. The first kappa shape index (κ1) is 11.5. The number of nitrogens with zero attached hydrogens (tertiary/aromatic N) is 1. The molecule has 0 aromatic heterocycles. The molecule has 1 aliphatic heterocycles. The van der Waals surface area contributed by atoms with Crippen molar-refractivity contribution < 1.29 is 13.2 Å². The van der Waals surface area contributed by atoms with Gasteiger partial charge in [-0.15, -0.1) is 0 Å². The fraction of sp³-hybridized carbons (Fsp3) is 0.778. The molecule has 0 unspecified atom stereocenters. The molecule has 4 nitrogen and oxygen atoms in total. The minimum absolute atomic E-state index is 0.161. The topological polar surface area (TPSA) is 46.6 Å². The number of piperidine rings is 1. The van der Waals surface area contributed by atoms with Gasteiger partial charge in [0.05, 0.1) is 7.11 Å². The summed E-state index contributed by atoms with van der Waals surface area (Å²) in [6, 6.07) is 0. The van der Waals surface area contributed by atoms with Crippen molar-refractivity contribution in [3.8, 4) is 0 Å². The molecule has 0 radical (unpaired) electrons. The van der Waals surface area contributed by atoms with Crippen LogP contribution in [0.15, 0.2) is 11.7 Å². The molecule has 5 heteroatoms. The van der Waals surface area contributed by atoms with Gasteiger partial charge in [-0.1, -0.05) is 6.92 Å². The first-order chi connectivity index (χ1) is 6.48. The van der Waals surface area contributed by atoms with Crippen molar-refractivity contribution >= 4 is 10.0 Å². The van der Waals surface area contributed by atoms with Crippen molar-refractivity contribution in [3.63, 3.8) is 0 Å². The third kappa shape index (κ3) is 2.27. The fourth-order valence-electron chi connectivity index (χ4n) is 1.61. The molecule has 1 heterocycles. The van der Waals surface area contributed by atoms with Crippen LogP contribution in [0.5, 0.6) is 0 Å². The van der Waals surface area contributed by atoms with Crippen LogP contribution < -0.4 is 0 Å². The average molecular weight is 219 g/mol. The monoisotopic (exact) mass is 219 g/mol. The maximum Gasteiger partial charge on any atom is 0.275 e. The van der Waals surface area contributed by atoms with E-state index < -0.39 is 10.0 Å². The highest BCUT2D eigenvalue weighted by Crippen LogP contribution is 2.21. The van der Waals surface area contributed by atoms with E-state index in [2.05, 4.69) is 18.2 Å². The highest BCUT2D eigenvalue weighted by atomic mass is 32.2. The lowest BCUT2D eigenvalue weighted by molar-refractivity contribution is 0.266. The third-order valence-corrected chi connectivity index (χ3v) is 4.23. The number of sulfonamides is 1. The Hall–Kier alpha value is -0.550. The van der Waals surface area contributed by atoms with Gasteiger partial charge in [-0.05, 0) is 25.3 Å². The van der Waals surface area contributed by atoms with E-state index in [1.165, 1.54) is 11.4 Å². The van der Waals surface area contributed by atoms with Crippen LogP contribution in [0.1, 0.15) is 19.8 Å². The molecule has 1 saturated heterocycles. The normalized spacial score (nSPS) is 24.6.